The lowest BCUT2D eigenvalue weighted by atomic mass is 9.99. The van der Waals surface area contributed by atoms with Gasteiger partial charge >= 0.3 is 0 Å². The summed E-state index contributed by atoms with van der Waals surface area (Å²) in [7, 11) is 0. The molecule has 0 fully saturated rings. The van der Waals surface area contributed by atoms with Crippen molar-refractivity contribution in [2.24, 2.45) is 0 Å². The van der Waals surface area contributed by atoms with E-state index in [-0.39, 0.29) is 0 Å². The Bertz CT molecular complexity index is 4480. The number of hydrogen-bond acceptors (Lipinski definition) is 3. The maximum atomic E-state index is 7.00. The fourth-order valence-electron chi connectivity index (χ4n) is 11.0. The summed E-state index contributed by atoms with van der Waals surface area (Å²) in [5.41, 5.74) is 13.7. The van der Waals surface area contributed by atoms with E-state index >= 15 is 0 Å². The number of benzene rings is 10. The standard InChI is InChI=1S/C60H34N2OS2/c1-2-15-37(16-3-1)61-50-32-30-36(34-46(50)54-57(61)55-44-21-8-13-28-53(44)65-60(55)56-43-20-6-11-26-51(43)63-58(54)56)35-29-31-49-45(33-35)39-18-5-10-25-48(39)62(49)47-24-9-4-17-38(47)41-22-14-23-42-40-19-7-12-27-52(40)64-59(41)42/h1-34H. The molecule has 0 aliphatic carbocycles. The van der Waals surface area contributed by atoms with Gasteiger partial charge < -0.3 is 13.6 Å². The van der Waals surface area contributed by atoms with Crippen LogP contribution in [0.1, 0.15) is 0 Å². The molecule has 0 unspecified atom stereocenters. The van der Waals surface area contributed by atoms with Gasteiger partial charge in [-0.15, -0.1) is 22.7 Å². The van der Waals surface area contributed by atoms with Crippen LogP contribution in [0.3, 0.4) is 0 Å². The minimum absolute atomic E-state index is 0.912. The zero-order chi connectivity index (χ0) is 42.3. The highest BCUT2D eigenvalue weighted by Crippen LogP contribution is 2.51. The fourth-order valence-corrected chi connectivity index (χ4v) is 13.4. The van der Waals surface area contributed by atoms with Crippen molar-refractivity contribution in [1.82, 2.24) is 9.13 Å². The maximum absolute atomic E-state index is 7.00. The van der Waals surface area contributed by atoms with Crippen LogP contribution in [0.15, 0.2) is 211 Å². The van der Waals surface area contributed by atoms with Crippen LogP contribution in [0.4, 0.5) is 0 Å². The predicted octanol–water partition coefficient (Wildman–Crippen LogP) is 17.9. The lowest BCUT2D eigenvalue weighted by molar-refractivity contribution is 0.673. The molecule has 0 N–H and O–H groups in total. The Balaban J connectivity index is 0.993. The molecule has 15 aromatic rings. The molecule has 10 aromatic carbocycles. The molecule has 0 aliphatic heterocycles. The summed E-state index contributed by atoms with van der Waals surface area (Å²) < 4.78 is 17.1. The highest BCUT2D eigenvalue weighted by molar-refractivity contribution is 7.27. The molecule has 0 spiro atoms. The van der Waals surface area contributed by atoms with Gasteiger partial charge in [0.05, 0.1) is 33.1 Å². The zero-order valence-electron chi connectivity index (χ0n) is 34.7. The van der Waals surface area contributed by atoms with Crippen molar-refractivity contribution in [3.05, 3.63) is 206 Å². The van der Waals surface area contributed by atoms with E-state index in [2.05, 4.69) is 215 Å². The van der Waals surface area contributed by atoms with Crippen molar-refractivity contribution in [2.45, 2.75) is 0 Å². The number of hydrogen-bond donors (Lipinski definition) is 0. The number of para-hydroxylation sites is 4. The van der Waals surface area contributed by atoms with Gasteiger partial charge in [-0.1, -0.05) is 140 Å². The first-order valence-corrected chi connectivity index (χ1v) is 23.7. The Labute approximate surface area is 379 Å². The van der Waals surface area contributed by atoms with Crippen molar-refractivity contribution < 1.29 is 4.42 Å². The van der Waals surface area contributed by atoms with Crippen molar-refractivity contribution in [1.29, 1.82) is 0 Å². The first kappa shape index (κ1) is 35.5. The third kappa shape index (κ3) is 4.88. The van der Waals surface area contributed by atoms with Gasteiger partial charge in [-0.25, -0.2) is 0 Å². The van der Waals surface area contributed by atoms with Gasteiger partial charge in [-0.2, -0.15) is 0 Å². The molecule has 0 atom stereocenters. The van der Waals surface area contributed by atoms with Crippen LogP contribution in [0.25, 0.3) is 140 Å². The minimum atomic E-state index is 0.912. The number of aromatic nitrogens is 2. The van der Waals surface area contributed by atoms with Crippen molar-refractivity contribution >= 4 is 129 Å². The molecule has 302 valence electrons. The number of furan rings is 1. The Hall–Kier alpha value is -7.96. The van der Waals surface area contributed by atoms with Crippen molar-refractivity contribution in [3.8, 4) is 33.6 Å². The van der Waals surface area contributed by atoms with E-state index in [1.54, 1.807) is 0 Å². The van der Waals surface area contributed by atoms with E-state index in [1.807, 2.05) is 22.7 Å². The maximum Gasteiger partial charge on any atom is 0.146 e. The van der Waals surface area contributed by atoms with Crippen LogP contribution >= 0.6 is 22.7 Å². The van der Waals surface area contributed by atoms with Crippen LogP contribution in [0, 0.1) is 0 Å². The highest BCUT2D eigenvalue weighted by atomic mass is 32.1. The lowest BCUT2D eigenvalue weighted by Gasteiger charge is -2.15. The van der Waals surface area contributed by atoms with E-state index in [0.717, 1.165) is 33.1 Å². The van der Waals surface area contributed by atoms with Gasteiger partial charge in [0.25, 0.3) is 0 Å². The molecule has 65 heavy (non-hydrogen) atoms. The summed E-state index contributed by atoms with van der Waals surface area (Å²) in [4.78, 5) is 0. The van der Waals surface area contributed by atoms with E-state index < -0.39 is 0 Å². The van der Waals surface area contributed by atoms with E-state index in [4.69, 9.17) is 4.42 Å². The second-order valence-corrected chi connectivity index (χ2v) is 19.2. The Morgan fingerprint density at radius 2 is 0.954 bits per heavy atom. The summed E-state index contributed by atoms with van der Waals surface area (Å²) in [6.07, 6.45) is 0. The summed E-state index contributed by atoms with van der Waals surface area (Å²) in [5.74, 6) is 0. The van der Waals surface area contributed by atoms with Gasteiger partial charge in [-0.3, -0.25) is 0 Å². The number of thiophene rings is 2. The Kier molecular flexibility index (Phi) is 7.26. The SMILES string of the molecule is c1ccc(-n2c3ccc(-c4ccc5c(c4)c4ccccc4n5-c4ccccc4-c4cccc5c4sc4ccccc45)cc3c3c4oc5ccccc5c4c4sc5ccccc5c4c32)cc1. The second kappa shape index (κ2) is 13.3. The predicted molar refractivity (Wildman–Crippen MR) is 279 cm³/mol. The topological polar surface area (TPSA) is 23.0 Å². The second-order valence-electron chi connectivity index (χ2n) is 17.1. The van der Waals surface area contributed by atoms with E-state index in [1.165, 1.54) is 106 Å². The van der Waals surface area contributed by atoms with Gasteiger partial charge in [0, 0.05) is 84.1 Å². The molecule has 0 saturated carbocycles. The monoisotopic (exact) mass is 862 g/mol. The fraction of sp³-hybridized carbons (Fsp3) is 0. The molecule has 5 heteroatoms. The average molecular weight is 863 g/mol. The molecular weight excluding hydrogens is 829 g/mol. The lowest BCUT2D eigenvalue weighted by Crippen LogP contribution is -1.97. The first-order chi connectivity index (χ1) is 32.3. The molecule has 0 bridgehead atoms. The van der Waals surface area contributed by atoms with Crippen LogP contribution in [0.5, 0.6) is 0 Å². The van der Waals surface area contributed by atoms with Crippen molar-refractivity contribution in [2.75, 3.05) is 0 Å². The van der Waals surface area contributed by atoms with Crippen LogP contribution in [-0.4, -0.2) is 9.13 Å². The summed E-state index contributed by atoms with van der Waals surface area (Å²) in [5, 5.41) is 12.3. The number of fused-ring (bicyclic) bond motifs is 18. The van der Waals surface area contributed by atoms with Crippen LogP contribution < -0.4 is 0 Å². The summed E-state index contributed by atoms with van der Waals surface area (Å²) in [6, 6.07) is 75.6. The third-order valence-corrected chi connectivity index (χ3v) is 16.1. The molecule has 0 aliphatic rings. The van der Waals surface area contributed by atoms with E-state index in [0.29, 0.717) is 0 Å². The molecule has 5 aromatic heterocycles. The third-order valence-electron chi connectivity index (χ3n) is 13.7. The highest BCUT2D eigenvalue weighted by Gasteiger charge is 2.26. The van der Waals surface area contributed by atoms with E-state index in [9.17, 15) is 0 Å². The molecule has 0 amide bonds. The van der Waals surface area contributed by atoms with Gasteiger partial charge in [0.2, 0.25) is 0 Å². The van der Waals surface area contributed by atoms with Crippen LogP contribution in [0.2, 0.25) is 0 Å². The number of rotatable bonds is 4. The zero-order valence-corrected chi connectivity index (χ0v) is 36.4. The largest absolute Gasteiger partial charge is 0.455 e. The Morgan fingerprint density at radius 3 is 1.80 bits per heavy atom. The quantitative estimate of drug-likeness (QED) is 0.173. The van der Waals surface area contributed by atoms with Gasteiger partial charge in [0.15, 0.2) is 0 Å². The minimum Gasteiger partial charge on any atom is -0.455 e. The summed E-state index contributed by atoms with van der Waals surface area (Å²) in [6.45, 7) is 0. The van der Waals surface area contributed by atoms with Gasteiger partial charge in [-0.05, 0) is 77.9 Å². The first-order valence-electron chi connectivity index (χ1n) is 22.1. The van der Waals surface area contributed by atoms with Crippen molar-refractivity contribution in [3.63, 3.8) is 0 Å². The molecule has 3 nitrogen and oxygen atoms in total. The molecular formula is C60H34N2OS2. The molecule has 15 rings (SSSR count). The number of nitrogens with zero attached hydrogens (tertiary/aromatic N) is 2. The normalized spacial score (nSPS) is 12.3. The summed E-state index contributed by atoms with van der Waals surface area (Å²) >= 11 is 3.75. The Morgan fingerprint density at radius 1 is 0.354 bits per heavy atom. The van der Waals surface area contributed by atoms with Crippen LogP contribution in [-0.2, 0) is 0 Å². The molecule has 5 heterocycles. The smallest absolute Gasteiger partial charge is 0.146 e. The average Bonchev–Trinajstić information content (AvgIpc) is 4.18. The molecule has 0 saturated heterocycles. The van der Waals surface area contributed by atoms with Gasteiger partial charge in [0.1, 0.15) is 11.2 Å². The molecule has 0 radical (unpaired) electrons.